The van der Waals surface area contributed by atoms with Gasteiger partial charge in [-0.2, -0.15) is 0 Å². The molecule has 0 unspecified atom stereocenters. The zero-order chi connectivity index (χ0) is 14.4. The molecular weight excluding hydrogens is 296 g/mol. The maximum Gasteiger partial charge on any atom is 0.223 e. The van der Waals surface area contributed by atoms with Crippen LogP contribution in [-0.4, -0.2) is 57.1 Å². The van der Waals surface area contributed by atoms with Crippen LogP contribution in [0.4, 0.5) is 0 Å². The molecule has 1 aliphatic rings. The minimum Gasteiger partial charge on any atom is -0.394 e. The zero-order valence-corrected chi connectivity index (χ0v) is 12.6. The van der Waals surface area contributed by atoms with E-state index in [0.717, 1.165) is 5.03 Å². The first kappa shape index (κ1) is 15.6. The molecular formula is C13H18N2O3S2. The summed E-state index contributed by atoms with van der Waals surface area (Å²) >= 11 is 0. The first-order valence-electron chi connectivity index (χ1n) is 6.49. The third-order valence-electron chi connectivity index (χ3n) is 3.10. The van der Waals surface area contributed by atoms with E-state index in [9.17, 15) is 15.0 Å². The molecule has 0 spiro atoms. The van der Waals surface area contributed by atoms with Gasteiger partial charge in [-0.3, -0.25) is 4.79 Å². The van der Waals surface area contributed by atoms with Gasteiger partial charge in [-0.15, -0.1) is 0 Å². The number of nitrogens with zero attached hydrogens (tertiary/aromatic N) is 2. The van der Waals surface area contributed by atoms with Crippen LogP contribution >= 0.6 is 21.6 Å². The molecule has 2 rings (SSSR count). The smallest absolute Gasteiger partial charge is 0.223 e. The van der Waals surface area contributed by atoms with E-state index < -0.39 is 6.10 Å². The number of aliphatic hydroxyl groups excluding tert-OH is 2. The lowest BCUT2D eigenvalue weighted by atomic mass is 10.2. The quantitative estimate of drug-likeness (QED) is 0.606. The maximum atomic E-state index is 12.0. The molecule has 20 heavy (non-hydrogen) atoms. The van der Waals surface area contributed by atoms with Gasteiger partial charge in [0.2, 0.25) is 5.91 Å². The molecule has 110 valence electrons. The SMILES string of the molecule is O=C(CCSSc1ccccn1)N1C[C@H](O)C[C@H]1CO. The van der Waals surface area contributed by atoms with Crippen LogP contribution in [0.15, 0.2) is 29.4 Å². The van der Waals surface area contributed by atoms with E-state index in [1.54, 1.807) is 32.7 Å². The van der Waals surface area contributed by atoms with Crippen molar-refractivity contribution in [2.24, 2.45) is 0 Å². The van der Waals surface area contributed by atoms with Crippen LogP contribution in [-0.2, 0) is 4.79 Å². The van der Waals surface area contributed by atoms with Gasteiger partial charge in [-0.1, -0.05) is 16.9 Å². The van der Waals surface area contributed by atoms with Crippen molar-refractivity contribution >= 4 is 27.5 Å². The van der Waals surface area contributed by atoms with Crippen molar-refractivity contribution in [2.75, 3.05) is 18.9 Å². The fourth-order valence-corrected chi connectivity index (χ4v) is 4.00. The van der Waals surface area contributed by atoms with Crippen LogP contribution < -0.4 is 0 Å². The highest BCUT2D eigenvalue weighted by Gasteiger charge is 2.33. The number of β-amino-alcohol motifs (C(OH)–C–C–N with tert-alkyl or cyclic N) is 1. The fraction of sp³-hybridized carbons (Fsp3) is 0.538. The number of aliphatic hydroxyl groups is 2. The normalized spacial score (nSPS) is 22.2. The predicted molar refractivity (Wildman–Crippen MR) is 80.4 cm³/mol. The number of hydrogen-bond donors (Lipinski definition) is 2. The maximum absolute atomic E-state index is 12.0. The number of rotatable bonds is 6. The molecule has 1 amide bonds. The summed E-state index contributed by atoms with van der Waals surface area (Å²) in [4.78, 5) is 17.8. The number of pyridine rings is 1. The number of aromatic nitrogens is 1. The number of likely N-dealkylation sites (tertiary alicyclic amines) is 1. The highest BCUT2D eigenvalue weighted by atomic mass is 33.1. The minimum atomic E-state index is -0.508. The predicted octanol–water partition coefficient (Wildman–Crippen LogP) is 1.17. The van der Waals surface area contributed by atoms with Gasteiger partial charge >= 0.3 is 0 Å². The largest absolute Gasteiger partial charge is 0.394 e. The van der Waals surface area contributed by atoms with Crippen molar-refractivity contribution < 1.29 is 15.0 Å². The number of amides is 1. The number of carbonyl (C=O) groups is 1. The molecule has 0 aliphatic carbocycles. The number of carbonyl (C=O) groups excluding carboxylic acids is 1. The van der Waals surface area contributed by atoms with E-state index in [1.807, 2.05) is 18.2 Å². The van der Waals surface area contributed by atoms with E-state index in [0.29, 0.717) is 25.1 Å². The summed E-state index contributed by atoms with van der Waals surface area (Å²) in [6.07, 6.45) is 2.11. The summed E-state index contributed by atoms with van der Waals surface area (Å²) in [5.74, 6) is 0.680. The molecule has 0 aromatic carbocycles. The second-order valence-electron chi connectivity index (χ2n) is 4.60. The van der Waals surface area contributed by atoms with Crippen molar-refractivity contribution in [2.45, 2.75) is 30.0 Å². The van der Waals surface area contributed by atoms with Crippen molar-refractivity contribution in [3.8, 4) is 0 Å². The molecule has 7 heteroatoms. The Morgan fingerprint density at radius 1 is 1.50 bits per heavy atom. The van der Waals surface area contributed by atoms with E-state index in [1.165, 1.54) is 0 Å². The Kier molecular flexibility index (Phi) is 6.15. The van der Waals surface area contributed by atoms with Crippen LogP contribution in [0.2, 0.25) is 0 Å². The van der Waals surface area contributed by atoms with Crippen LogP contribution in [0.5, 0.6) is 0 Å². The standard InChI is InChI=1S/C13H18N2O3S2/c16-9-10-7-11(17)8-15(10)13(18)4-6-19-20-12-3-1-2-5-14-12/h1-3,5,10-11,16-17H,4,6-9H2/t10-,11+/m0/s1. The fourth-order valence-electron chi connectivity index (χ4n) is 2.14. The van der Waals surface area contributed by atoms with Gasteiger partial charge in [-0.05, 0) is 29.3 Å². The lowest BCUT2D eigenvalue weighted by molar-refractivity contribution is -0.132. The van der Waals surface area contributed by atoms with E-state index >= 15 is 0 Å². The Labute approximate surface area is 126 Å². The van der Waals surface area contributed by atoms with Gasteiger partial charge in [0.05, 0.1) is 18.8 Å². The van der Waals surface area contributed by atoms with Crippen LogP contribution in [0, 0.1) is 0 Å². The molecule has 1 aliphatic heterocycles. The molecule has 1 fully saturated rings. The topological polar surface area (TPSA) is 73.7 Å². The average Bonchev–Trinajstić information content (AvgIpc) is 2.86. The Morgan fingerprint density at radius 2 is 2.35 bits per heavy atom. The second-order valence-corrected chi connectivity index (χ2v) is 7.03. The Bertz CT molecular complexity index is 433. The second kappa shape index (κ2) is 7.87. The summed E-state index contributed by atoms with van der Waals surface area (Å²) in [5.41, 5.74) is 0. The molecule has 0 saturated carbocycles. The van der Waals surface area contributed by atoms with Crippen molar-refractivity contribution in [3.63, 3.8) is 0 Å². The van der Waals surface area contributed by atoms with Gasteiger partial charge in [0.25, 0.3) is 0 Å². The molecule has 2 atom stereocenters. The highest BCUT2D eigenvalue weighted by molar-refractivity contribution is 8.76. The summed E-state index contributed by atoms with van der Waals surface area (Å²) in [6, 6.07) is 5.49. The molecule has 1 aromatic heterocycles. The molecule has 1 saturated heterocycles. The highest BCUT2D eigenvalue weighted by Crippen LogP contribution is 2.30. The zero-order valence-electron chi connectivity index (χ0n) is 11.0. The van der Waals surface area contributed by atoms with Crippen molar-refractivity contribution in [3.05, 3.63) is 24.4 Å². The van der Waals surface area contributed by atoms with Crippen molar-refractivity contribution in [1.29, 1.82) is 0 Å². The van der Waals surface area contributed by atoms with Crippen molar-refractivity contribution in [1.82, 2.24) is 9.88 Å². The van der Waals surface area contributed by atoms with Gasteiger partial charge in [0.15, 0.2) is 0 Å². The van der Waals surface area contributed by atoms with Gasteiger partial charge in [-0.25, -0.2) is 4.98 Å². The van der Waals surface area contributed by atoms with E-state index in [-0.39, 0.29) is 18.6 Å². The minimum absolute atomic E-state index is 0.00489. The summed E-state index contributed by atoms with van der Waals surface area (Å²) in [7, 11) is 3.13. The first-order valence-corrected chi connectivity index (χ1v) is 8.81. The third-order valence-corrected chi connectivity index (χ3v) is 5.37. The van der Waals surface area contributed by atoms with Crippen LogP contribution in [0.1, 0.15) is 12.8 Å². The Hall–Kier alpha value is -0.760. The average molecular weight is 314 g/mol. The molecule has 1 aromatic rings. The molecule has 5 nitrogen and oxygen atoms in total. The summed E-state index contributed by atoms with van der Waals surface area (Å²) in [6.45, 7) is 0.251. The lowest BCUT2D eigenvalue weighted by Crippen LogP contribution is -2.38. The molecule has 0 radical (unpaired) electrons. The van der Waals surface area contributed by atoms with E-state index in [2.05, 4.69) is 4.98 Å². The Morgan fingerprint density at radius 3 is 3.05 bits per heavy atom. The first-order chi connectivity index (χ1) is 9.70. The molecule has 2 heterocycles. The third kappa shape index (κ3) is 4.37. The van der Waals surface area contributed by atoms with Crippen LogP contribution in [0.3, 0.4) is 0 Å². The monoisotopic (exact) mass is 314 g/mol. The van der Waals surface area contributed by atoms with Gasteiger partial charge < -0.3 is 15.1 Å². The molecule has 0 bridgehead atoms. The lowest BCUT2D eigenvalue weighted by Gasteiger charge is -2.22. The van der Waals surface area contributed by atoms with E-state index in [4.69, 9.17) is 0 Å². The van der Waals surface area contributed by atoms with Gasteiger partial charge in [0, 0.05) is 24.9 Å². The van der Waals surface area contributed by atoms with Crippen LogP contribution in [0.25, 0.3) is 0 Å². The summed E-state index contributed by atoms with van der Waals surface area (Å²) in [5, 5.41) is 19.7. The van der Waals surface area contributed by atoms with Gasteiger partial charge in [0.1, 0.15) is 5.03 Å². The summed E-state index contributed by atoms with van der Waals surface area (Å²) < 4.78 is 0. The number of hydrogen-bond acceptors (Lipinski definition) is 6. The Balaban J connectivity index is 1.70. The molecule has 2 N–H and O–H groups in total.